The number of alkyl halides is 3. The monoisotopic (exact) mass is 284 g/mol. The van der Waals surface area contributed by atoms with Gasteiger partial charge in [-0.05, 0) is 24.7 Å². The summed E-state index contributed by atoms with van der Waals surface area (Å²) < 4.78 is 39.0. The first-order valence-corrected chi connectivity index (χ1v) is 6.28. The Morgan fingerprint density at radius 2 is 2.00 bits per heavy atom. The fraction of sp³-hybridized carbons (Fsp3) is 0.385. The van der Waals surface area contributed by atoms with Gasteiger partial charge in [0.1, 0.15) is 5.69 Å². The maximum atomic E-state index is 12.4. The molecule has 2 aromatic rings. The van der Waals surface area contributed by atoms with Gasteiger partial charge in [-0.15, -0.1) is 0 Å². The lowest BCUT2D eigenvalue weighted by atomic mass is 10.2. The number of hydrogen-bond donors (Lipinski definition) is 1. The molecule has 0 fully saturated rings. The molecule has 0 atom stereocenters. The number of likely N-dealkylation sites (N-methyl/N-ethyl adjacent to an activating group) is 1. The van der Waals surface area contributed by atoms with Crippen LogP contribution in [0.25, 0.3) is 11.4 Å². The van der Waals surface area contributed by atoms with Crippen LogP contribution in [0.15, 0.2) is 30.6 Å². The van der Waals surface area contributed by atoms with E-state index >= 15 is 0 Å². The Hall–Kier alpha value is -1.89. The van der Waals surface area contributed by atoms with Crippen LogP contribution in [0.4, 0.5) is 13.2 Å². The molecule has 0 spiro atoms. The van der Waals surface area contributed by atoms with E-state index in [9.17, 15) is 13.2 Å². The maximum Gasteiger partial charge on any atom is 0.417 e. The molecule has 7 heteroatoms. The highest BCUT2D eigenvalue weighted by Crippen LogP contribution is 2.29. The van der Waals surface area contributed by atoms with E-state index in [1.807, 2.05) is 6.92 Å². The molecule has 0 saturated heterocycles. The standard InChI is InChI=1S/C13H15F3N4/c1-2-17-6-8-20-7-5-12(19-20)11-4-3-10(9-18-11)13(14,15)16/h3-5,7,9,17H,2,6,8H2,1H3. The first-order valence-electron chi connectivity index (χ1n) is 6.28. The van der Waals surface area contributed by atoms with Gasteiger partial charge in [-0.3, -0.25) is 9.67 Å². The molecule has 0 saturated carbocycles. The van der Waals surface area contributed by atoms with Gasteiger partial charge in [-0.25, -0.2) is 0 Å². The summed E-state index contributed by atoms with van der Waals surface area (Å²) >= 11 is 0. The SMILES string of the molecule is CCNCCn1ccc(-c2ccc(C(F)(F)F)cn2)n1. The van der Waals surface area contributed by atoms with Gasteiger partial charge >= 0.3 is 6.18 Å². The van der Waals surface area contributed by atoms with Crippen molar-refractivity contribution < 1.29 is 13.2 Å². The number of nitrogens with one attached hydrogen (secondary N) is 1. The molecular weight excluding hydrogens is 269 g/mol. The van der Waals surface area contributed by atoms with Gasteiger partial charge < -0.3 is 5.32 Å². The Bertz CT molecular complexity index is 545. The Morgan fingerprint density at radius 3 is 2.60 bits per heavy atom. The first-order chi connectivity index (χ1) is 9.50. The third-order valence-corrected chi connectivity index (χ3v) is 2.76. The zero-order valence-electron chi connectivity index (χ0n) is 11.0. The van der Waals surface area contributed by atoms with Gasteiger partial charge in [0, 0.05) is 18.9 Å². The molecule has 2 aromatic heterocycles. The van der Waals surface area contributed by atoms with Gasteiger partial charge in [0.25, 0.3) is 0 Å². The van der Waals surface area contributed by atoms with Crippen molar-refractivity contribution in [2.45, 2.75) is 19.6 Å². The molecular formula is C13H15F3N4. The molecule has 4 nitrogen and oxygen atoms in total. The largest absolute Gasteiger partial charge is 0.417 e. The summed E-state index contributed by atoms with van der Waals surface area (Å²) in [5, 5.41) is 7.45. The summed E-state index contributed by atoms with van der Waals surface area (Å²) in [6, 6.07) is 4.08. The van der Waals surface area contributed by atoms with Gasteiger partial charge in [-0.2, -0.15) is 18.3 Å². The molecule has 0 aliphatic rings. The van der Waals surface area contributed by atoms with Crippen molar-refractivity contribution in [1.29, 1.82) is 0 Å². The van der Waals surface area contributed by atoms with Crippen LogP contribution >= 0.6 is 0 Å². The maximum absolute atomic E-state index is 12.4. The summed E-state index contributed by atoms with van der Waals surface area (Å²) in [4.78, 5) is 3.81. The predicted molar refractivity (Wildman–Crippen MR) is 69.0 cm³/mol. The van der Waals surface area contributed by atoms with Crippen molar-refractivity contribution in [2.75, 3.05) is 13.1 Å². The molecule has 0 aliphatic heterocycles. The zero-order chi connectivity index (χ0) is 14.6. The van der Waals surface area contributed by atoms with Crippen LogP contribution < -0.4 is 5.32 Å². The van der Waals surface area contributed by atoms with Crippen molar-refractivity contribution >= 4 is 0 Å². The third kappa shape index (κ3) is 3.57. The van der Waals surface area contributed by atoms with Gasteiger partial charge in [0.15, 0.2) is 0 Å². The number of rotatable bonds is 5. The molecule has 2 heterocycles. The Balaban J connectivity index is 2.08. The fourth-order valence-corrected chi connectivity index (χ4v) is 1.71. The van der Waals surface area contributed by atoms with E-state index in [1.165, 1.54) is 6.07 Å². The van der Waals surface area contributed by atoms with Crippen LogP contribution in [-0.4, -0.2) is 27.9 Å². The highest BCUT2D eigenvalue weighted by molar-refractivity contribution is 5.53. The summed E-state index contributed by atoms with van der Waals surface area (Å²) in [5.74, 6) is 0. The molecule has 0 radical (unpaired) electrons. The highest BCUT2D eigenvalue weighted by atomic mass is 19.4. The minimum Gasteiger partial charge on any atom is -0.315 e. The normalized spacial score (nSPS) is 11.8. The first kappa shape index (κ1) is 14.5. The summed E-state index contributed by atoms with van der Waals surface area (Å²) in [6.45, 7) is 4.39. The Kier molecular flexibility index (Phi) is 4.39. The zero-order valence-corrected chi connectivity index (χ0v) is 11.0. The molecule has 0 aliphatic carbocycles. The lowest BCUT2D eigenvalue weighted by molar-refractivity contribution is -0.137. The van der Waals surface area contributed by atoms with E-state index in [1.54, 1.807) is 16.9 Å². The third-order valence-electron chi connectivity index (χ3n) is 2.76. The Morgan fingerprint density at radius 1 is 1.20 bits per heavy atom. The molecule has 1 N–H and O–H groups in total. The van der Waals surface area contributed by atoms with Gasteiger partial charge in [0.2, 0.25) is 0 Å². The van der Waals surface area contributed by atoms with E-state index < -0.39 is 11.7 Å². The quantitative estimate of drug-likeness (QED) is 0.858. The number of pyridine rings is 1. The lowest BCUT2D eigenvalue weighted by Crippen LogP contribution is -2.19. The van der Waals surface area contributed by atoms with Gasteiger partial charge in [-0.1, -0.05) is 6.92 Å². The van der Waals surface area contributed by atoms with Crippen LogP contribution in [0.1, 0.15) is 12.5 Å². The molecule has 0 aromatic carbocycles. The number of nitrogens with zero attached hydrogens (tertiary/aromatic N) is 3. The van der Waals surface area contributed by atoms with Crippen LogP contribution in [-0.2, 0) is 12.7 Å². The molecule has 0 bridgehead atoms. The summed E-state index contributed by atoms with van der Waals surface area (Å²) in [6.07, 6.45) is -1.75. The molecule has 2 rings (SSSR count). The molecule has 20 heavy (non-hydrogen) atoms. The highest BCUT2D eigenvalue weighted by Gasteiger charge is 2.30. The van der Waals surface area contributed by atoms with Crippen molar-refractivity contribution in [3.63, 3.8) is 0 Å². The van der Waals surface area contributed by atoms with Crippen molar-refractivity contribution in [1.82, 2.24) is 20.1 Å². The number of hydrogen-bond acceptors (Lipinski definition) is 3. The molecule has 108 valence electrons. The smallest absolute Gasteiger partial charge is 0.315 e. The average Bonchev–Trinajstić information content (AvgIpc) is 2.87. The fourth-order valence-electron chi connectivity index (χ4n) is 1.71. The minimum absolute atomic E-state index is 0.431. The predicted octanol–water partition coefficient (Wildman–Crippen LogP) is 2.57. The second-order valence-electron chi connectivity index (χ2n) is 4.25. The second-order valence-corrected chi connectivity index (χ2v) is 4.25. The summed E-state index contributed by atoms with van der Waals surface area (Å²) in [5.41, 5.74) is 0.239. The molecule has 0 amide bonds. The van der Waals surface area contributed by atoms with E-state index in [4.69, 9.17) is 0 Å². The average molecular weight is 284 g/mol. The van der Waals surface area contributed by atoms with E-state index in [0.29, 0.717) is 17.9 Å². The van der Waals surface area contributed by atoms with E-state index in [0.717, 1.165) is 25.4 Å². The van der Waals surface area contributed by atoms with Gasteiger partial charge in [0.05, 0.1) is 17.8 Å². The molecule has 0 unspecified atom stereocenters. The second kappa shape index (κ2) is 6.04. The van der Waals surface area contributed by atoms with E-state index in [2.05, 4.69) is 15.4 Å². The number of aromatic nitrogens is 3. The van der Waals surface area contributed by atoms with Crippen molar-refractivity contribution in [3.8, 4) is 11.4 Å². The van der Waals surface area contributed by atoms with E-state index in [-0.39, 0.29) is 0 Å². The van der Waals surface area contributed by atoms with Crippen LogP contribution in [0.3, 0.4) is 0 Å². The summed E-state index contributed by atoms with van der Waals surface area (Å²) in [7, 11) is 0. The topological polar surface area (TPSA) is 42.7 Å². The van der Waals surface area contributed by atoms with Crippen LogP contribution in [0.5, 0.6) is 0 Å². The lowest BCUT2D eigenvalue weighted by Gasteiger charge is -2.05. The van der Waals surface area contributed by atoms with Crippen LogP contribution in [0, 0.1) is 0 Å². The minimum atomic E-state index is -4.36. The van der Waals surface area contributed by atoms with Crippen LogP contribution in [0.2, 0.25) is 0 Å². The van der Waals surface area contributed by atoms with Crippen molar-refractivity contribution in [3.05, 3.63) is 36.2 Å². The van der Waals surface area contributed by atoms with Crippen molar-refractivity contribution in [2.24, 2.45) is 0 Å². The number of halogens is 3. The Labute approximate surface area is 114 Å².